The molecular weight excluding hydrogens is 612 g/mol. The molecule has 2 heterocycles. The molecule has 8 nitrogen and oxygen atoms in total. The van der Waals surface area contributed by atoms with Crippen molar-refractivity contribution in [2.75, 3.05) is 24.5 Å². The average Bonchev–Trinajstić information content (AvgIpc) is 3.21. The van der Waals surface area contributed by atoms with Crippen molar-refractivity contribution >= 4 is 27.9 Å². The minimum absolute atomic E-state index is 0.129. The summed E-state index contributed by atoms with van der Waals surface area (Å²) in [6.45, 7) is 17.2. The van der Waals surface area contributed by atoms with Crippen LogP contribution in [0.2, 0.25) is 0 Å². The zero-order chi connectivity index (χ0) is 34.6. The molecule has 0 saturated carbocycles. The van der Waals surface area contributed by atoms with Gasteiger partial charge in [0.1, 0.15) is 34.7 Å². The topological polar surface area (TPSA) is 114 Å². The predicted octanol–water partition coefficient (Wildman–Crippen LogP) is 7.29. The van der Waals surface area contributed by atoms with Gasteiger partial charge in [-0.1, -0.05) is 65.3 Å². The van der Waals surface area contributed by atoms with Crippen LogP contribution < -0.4 is 14.8 Å². The molecule has 0 spiro atoms. The van der Waals surface area contributed by atoms with Crippen LogP contribution in [0.5, 0.6) is 0 Å². The molecule has 0 unspecified atom stereocenters. The van der Waals surface area contributed by atoms with Crippen molar-refractivity contribution in [1.29, 1.82) is 0 Å². The van der Waals surface area contributed by atoms with E-state index in [2.05, 4.69) is 74.4 Å². The number of fused-ring (bicyclic) bond motifs is 2. The van der Waals surface area contributed by atoms with Crippen molar-refractivity contribution in [2.45, 2.75) is 89.9 Å². The van der Waals surface area contributed by atoms with Gasteiger partial charge in [0, 0.05) is 46.8 Å². The number of benzene rings is 2. The molecule has 2 aliphatic heterocycles. The Hall–Kier alpha value is -3.95. The maximum absolute atomic E-state index is 11.8. The maximum Gasteiger partial charge on any atom is 0.303 e. The molecule has 252 valence electrons. The Labute approximate surface area is 279 Å². The Balaban J connectivity index is 1.68. The van der Waals surface area contributed by atoms with E-state index in [0.29, 0.717) is 13.0 Å². The monoisotopic (exact) mass is 660 g/mol. The van der Waals surface area contributed by atoms with Gasteiger partial charge in [0.2, 0.25) is 5.36 Å². The number of aliphatic carboxylic acids is 1. The summed E-state index contributed by atoms with van der Waals surface area (Å²) in [6, 6.07) is 13.0. The lowest BCUT2D eigenvalue weighted by Crippen LogP contribution is -2.29. The summed E-state index contributed by atoms with van der Waals surface area (Å²) in [6.07, 6.45) is 12.3. The van der Waals surface area contributed by atoms with E-state index < -0.39 is 21.5 Å². The van der Waals surface area contributed by atoms with Gasteiger partial charge in [0.05, 0.1) is 11.0 Å². The number of allylic oxidation sites excluding steroid dienone is 5. The quantitative estimate of drug-likeness (QED) is 0.0939. The van der Waals surface area contributed by atoms with Gasteiger partial charge in [-0.25, -0.2) is 13.0 Å². The fraction of sp³-hybridized carbons (Fsp3) is 0.421. The molecule has 4 rings (SSSR count). The van der Waals surface area contributed by atoms with Crippen LogP contribution in [-0.4, -0.2) is 43.7 Å². The molecule has 1 aliphatic carbocycles. The fourth-order valence-corrected chi connectivity index (χ4v) is 6.63. The largest absolute Gasteiger partial charge is 0.744 e. The number of hydrogen-bond acceptors (Lipinski definition) is 6. The molecule has 1 aromatic rings. The van der Waals surface area contributed by atoms with E-state index in [4.69, 9.17) is 9.52 Å². The van der Waals surface area contributed by atoms with Crippen molar-refractivity contribution < 1.29 is 27.3 Å². The molecule has 0 aromatic heterocycles. The first-order valence-corrected chi connectivity index (χ1v) is 17.8. The molecule has 0 radical (unpaired) electrons. The lowest BCUT2D eigenvalue weighted by atomic mass is 9.83. The minimum Gasteiger partial charge on any atom is -0.744 e. The Morgan fingerprint density at radius 2 is 1.72 bits per heavy atom. The summed E-state index contributed by atoms with van der Waals surface area (Å²) in [7, 11) is -4.61. The second-order valence-electron chi connectivity index (χ2n) is 13.6. The molecular formula is C38H48N2O6S. The molecule has 3 aliphatic rings. The molecule has 0 fully saturated rings. The van der Waals surface area contributed by atoms with E-state index in [0.717, 1.165) is 70.9 Å². The Morgan fingerprint density at radius 3 is 2.36 bits per heavy atom. The number of nitrogens with zero attached hydrogens (tertiary/aromatic N) is 2. The van der Waals surface area contributed by atoms with Crippen LogP contribution in [0.3, 0.4) is 0 Å². The van der Waals surface area contributed by atoms with E-state index in [1.807, 2.05) is 38.2 Å². The third kappa shape index (κ3) is 8.32. The van der Waals surface area contributed by atoms with Crippen LogP contribution in [-0.2, 0) is 25.7 Å². The normalized spacial score (nSPS) is 15.7. The third-order valence-electron chi connectivity index (χ3n) is 8.83. The summed E-state index contributed by atoms with van der Waals surface area (Å²) >= 11 is 0. The molecule has 1 N–H and O–H groups in total. The van der Waals surface area contributed by atoms with Gasteiger partial charge >= 0.3 is 5.97 Å². The van der Waals surface area contributed by atoms with Gasteiger partial charge in [-0.15, -0.1) is 0 Å². The van der Waals surface area contributed by atoms with Crippen molar-refractivity contribution in [1.82, 2.24) is 4.58 Å². The predicted molar refractivity (Wildman–Crippen MR) is 188 cm³/mol. The fourth-order valence-electron chi connectivity index (χ4n) is 6.14. The third-order valence-corrected chi connectivity index (χ3v) is 9.66. The number of rotatable bonds is 12. The second-order valence-corrected chi connectivity index (χ2v) is 15.0. The van der Waals surface area contributed by atoms with Gasteiger partial charge in [-0.2, -0.15) is 0 Å². The van der Waals surface area contributed by atoms with Crippen LogP contribution in [0.15, 0.2) is 81.8 Å². The number of carboxylic acids is 1. The summed E-state index contributed by atoms with van der Waals surface area (Å²) in [5, 5.41) is 10.1. The van der Waals surface area contributed by atoms with Crippen LogP contribution in [0.4, 0.5) is 5.69 Å². The molecule has 0 bridgehead atoms. The zero-order valence-corrected chi connectivity index (χ0v) is 29.5. The average molecular weight is 661 g/mol. The summed E-state index contributed by atoms with van der Waals surface area (Å²) in [4.78, 5) is 12.9. The summed E-state index contributed by atoms with van der Waals surface area (Å²) < 4.78 is 44.2. The lowest BCUT2D eigenvalue weighted by molar-refractivity contribution is -0.137. The molecule has 9 heteroatoms. The van der Waals surface area contributed by atoms with Crippen LogP contribution in [0.1, 0.15) is 91.0 Å². The first-order valence-electron chi connectivity index (χ1n) is 16.4. The van der Waals surface area contributed by atoms with E-state index >= 15 is 0 Å². The van der Waals surface area contributed by atoms with Crippen molar-refractivity contribution in [3.8, 4) is 11.3 Å². The molecule has 1 aromatic carbocycles. The van der Waals surface area contributed by atoms with Crippen molar-refractivity contribution in [3.63, 3.8) is 0 Å². The highest BCUT2D eigenvalue weighted by Crippen LogP contribution is 2.48. The Kier molecular flexibility index (Phi) is 11.0. The highest BCUT2D eigenvalue weighted by molar-refractivity contribution is 7.85. The molecule has 0 amide bonds. The first kappa shape index (κ1) is 35.9. The summed E-state index contributed by atoms with van der Waals surface area (Å²) in [5.74, 6) is 0.938. The minimum atomic E-state index is -4.61. The standard InChI is InChI=1S/C38H48N2O6S/c1-8-39(9-2)28-19-21-30-27(24-35(37(3,4)5)46-33(30)25-28)16-12-10-13-17-34-38(6,7)31-26-29(47(43,44)45)20-22-32(31)40(34)23-15-11-14-18-36(41)42/h10,12-13,16-17,19-22,24-26H,8-9,11,14-15,18,23H2,1-7H3,(H-,41,42,43,44,45). The van der Waals surface area contributed by atoms with Crippen molar-refractivity contribution in [3.05, 3.63) is 94.7 Å². The Bertz CT molecular complexity index is 1850. The Morgan fingerprint density at radius 1 is 1.00 bits per heavy atom. The number of carbonyl (C=O) groups is 1. The van der Waals surface area contributed by atoms with Crippen LogP contribution in [0, 0.1) is 0 Å². The highest BCUT2D eigenvalue weighted by atomic mass is 32.2. The lowest BCUT2D eigenvalue weighted by Gasteiger charge is -2.27. The number of anilines is 1. The molecule has 0 atom stereocenters. The zero-order valence-electron chi connectivity index (χ0n) is 28.7. The van der Waals surface area contributed by atoms with Gasteiger partial charge in [0.15, 0.2) is 0 Å². The van der Waals surface area contributed by atoms with E-state index in [1.165, 1.54) is 12.1 Å². The van der Waals surface area contributed by atoms with E-state index in [9.17, 15) is 17.8 Å². The molecule has 47 heavy (non-hydrogen) atoms. The van der Waals surface area contributed by atoms with Gasteiger partial charge < -0.3 is 19.0 Å². The van der Waals surface area contributed by atoms with E-state index in [-0.39, 0.29) is 16.7 Å². The van der Waals surface area contributed by atoms with Crippen LogP contribution >= 0.6 is 0 Å². The first-order chi connectivity index (χ1) is 22.1. The van der Waals surface area contributed by atoms with Gasteiger partial charge in [0.25, 0.3) is 0 Å². The smallest absolute Gasteiger partial charge is 0.303 e. The van der Waals surface area contributed by atoms with Crippen molar-refractivity contribution in [2.24, 2.45) is 0 Å². The highest BCUT2D eigenvalue weighted by Gasteiger charge is 2.40. The SMILES string of the molecule is CC[N+](CC)=c1ccc2c(/C=C/C=C/C=C3/N(CCCCCC(=O)O)c4ccc(S(=O)(=O)[O-])cc4C3(C)C)cc(C(C)(C)C)oc-2c1. The number of carboxylic acid groups (broad SMARTS) is 1. The number of unbranched alkanes of at least 4 members (excludes halogenated alkanes) is 2. The summed E-state index contributed by atoms with van der Waals surface area (Å²) in [5.41, 5.74) is 3.95. The second kappa shape index (κ2) is 14.4. The van der Waals surface area contributed by atoms with E-state index in [1.54, 1.807) is 6.07 Å². The van der Waals surface area contributed by atoms with Crippen LogP contribution in [0.25, 0.3) is 17.4 Å². The maximum atomic E-state index is 11.8. The van der Waals surface area contributed by atoms with Gasteiger partial charge in [-0.05, 0) is 74.2 Å². The molecule has 0 saturated heterocycles. The van der Waals surface area contributed by atoms with Gasteiger partial charge in [-0.3, -0.25) is 4.79 Å². The number of hydrogen-bond donors (Lipinski definition) is 1.